The van der Waals surface area contributed by atoms with Gasteiger partial charge in [0.15, 0.2) is 0 Å². The van der Waals surface area contributed by atoms with Crippen molar-refractivity contribution in [3.63, 3.8) is 0 Å². The van der Waals surface area contributed by atoms with Crippen molar-refractivity contribution in [2.75, 3.05) is 18.8 Å². The molecule has 108 valence electrons. The van der Waals surface area contributed by atoms with Crippen LogP contribution in [-0.2, 0) is 9.59 Å². The maximum absolute atomic E-state index is 12.4. The number of nitrogens with zero attached hydrogens (tertiary/aromatic N) is 2. The van der Waals surface area contributed by atoms with E-state index in [0.717, 1.165) is 17.7 Å². The van der Waals surface area contributed by atoms with Gasteiger partial charge in [0.05, 0.1) is 5.69 Å². The minimum Gasteiger partial charge on any atom is -0.397 e. The predicted octanol–water partition coefficient (Wildman–Crippen LogP) is -1.18. The van der Waals surface area contributed by atoms with Crippen molar-refractivity contribution in [3.05, 3.63) is 18.0 Å². The number of aromatic nitrogens is 1. The third-order valence-corrected chi connectivity index (χ3v) is 3.01. The molecule has 1 aromatic heterocycles. The first-order valence-corrected chi connectivity index (χ1v) is 6.21. The van der Waals surface area contributed by atoms with Gasteiger partial charge >= 0.3 is 0 Å². The molecule has 0 unspecified atom stereocenters. The van der Waals surface area contributed by atoms with Crippen LogP contribution in [-0.4, -0.2) is 40.3 Å². The lowest BCUT2D eigenvalue weighted by Gasteiger charge is -2.20. The van der Waals surface area contributed by atoms with E-state index in [4.69, 9.17) is 17.2 Å². The third kappa shape index (κ3) is 3.08. The Kier molecular flexibility index (Phi) is 3.64. The molecule has 2 rings (SSSR count). The van der Waals surface area contributed by atoms with Gasteiger partial charge in [-0.15, -0.1) is 0 Å². The molecular weight excluding hydrogens is 262 g/mol. The summed E-state index contributed by atoms with van der Waals surface area (Å²) < 4.78 is 1.77. The number of hydrogen-bond donors (Lipinski definition) is 3. The Labute approximate surface area is 115 Å². The molecule has 6 N–H and O–H groups in total. The normalized spacial score (nSPS) is 14.0. The van der Waals surface area contributed by atoms with Gasteiger partial charge in [0.25, 0.3) is 5.91 Å². The maximum Gasteiger partial charge on any atom is 0.271 e. The molecule has 8 heteroatoms. The van der Waals surface area contributed by atoms with Crippen molar-refractivity contribution in [1.29, 1.82) is 0 Å². The number of rotatable bonds is 6. The van der Waals surface area contributed by atoms with E-state index in [9.17, 15) is 14.4 Å². The summed E-state index contributed by atoms with van der Waals surface area (Å²) in [7, 11) is 0. The SMILES string of the molecule is NC(=O)CN(CC(N)=O)C(=O)c1cc(N)cn1C1CC1. The van der Waals surface area contributed by atoms with E-state index in [1.54, 1.807) is 10.8 Å². The lowest BCUT2D eigenvalue weighted by molar-refractivity contribution is -0.121. The fraction of sp³-hybridized carbons (Fsp3) is 0.417. The van der Waals surface area contributed by atoms with Crippen molar-refractivity contribution in [1.82, 2.24) is 9.47 Å². The molecular formula is C12H17N5O3. The highest BCUT2D eigenvalue weighted by Crippen LogP contribution is 2.37. The van der Waals surface area contributed by atoms with Crippen LogP contribution in [0.3, 0.4) is 0 Å². The van der Waals surface area contributed by atoms with E-state index in [1.165, 1.54) is 6.07 Å². The van der Waals surface area contributed by atoms with Gasteiger partial charge in [-0.2, -0.15) is 0 Å². The molecule has 1 aromatic rings. The van der Waals surface area contributed by atoms with Crippen molar-refractivity contribution in [2.24, 2.45) is 11.5 Å². The van der Waals surface area contributed by atoms with Gasteiger partial charge in [-0.25, -0.2) is 0 Å². The topological polar surface area (TPSA) is 137 Å². The lowest BCUT2D eigenvalue weighted by Crippen LogP contribution is -2.43. The second kappa shape index (κ2) is 5.24. The van der Waals surface area contributed by atoms with E-state index in [2.05, 4.69) is 0 Å². The summed E-state index contributed by atoms with van der Waals surface area (Å²) in [6, 6.07) is 1.77. The Bertz CT molecular complexity index is 545. The first-order chi connectivity index (χ1) is 9.38. The van der Waals surface area contributed by atoms with Gasteiger partial charge in [-0.3, -0.25) is 14.4 Å². The zero-order valence-corrected chi connectivity index (χ0v) is 10.9. The number of amides is 3. The van der Waals surface area contributed by atoms with E-state index in [-0.39, 0.29) is 19.1 Å². The maximum atomic E-state index is 12.4. The van der Waals surface area contributed by atoms with Crippen molar-refractivity contribution in [2.45, 2.75) is 18.9 Å². The summed E-state index contributed by atoms with van der Waals surface area (Å²) in [6.45, 7) is -0.727. The monoisotopic (exact) mass is 279 g/mol. The van der Waals surface area contributed by atoms with Crippen LogP contribution in [0.5, 0.6) is 0 Å². The Morgan fingerprint density at radius 3 is 2.20 bits per heavy atom. The van der Waals surface area contributed by atoms with E-state index in [1.807, 2.05) is 0 Å². The number of anilines is 1. The van der Waals surface area contributed by atoms with Crippen LogP contribution in [0.25, 0.3) is 0 Å². The number of primary amides is 2. The molecule has 8 nitrogen and oxygen atoms in total. The van der Waals surface area contributed by atoms with Crippen molar-refractivity contribution in [3.8, 4) is 0 Å². The molecule has 0 aliphatic heterocycles. The van der Waals surface area contributed by atoms with E-state index in [0.29, 0.717) is 11.4 Å². The Morgan fingerprint density at radius 1 is 1.20 bits per heavy atom. The van der Waals surface area contributed by atoms with Crippen molar-refractivity contribution >= 4 is 23.4 Å². The van der Waals surface area contributed by atoms with Crippen LogP contribution in [0.1, 0.15) is 29.4 Å². The molecule has 20 heavy (non-hydrogen) atoms. The summed E-state index contributed by atoms with van der Waals surface area (Å²) in [5.74, 6) is -1.90. The number of nitrogen functional groups attached to an aromatic ring is 1. The van der Waals surface area contributed by atoms with Gasteiger partial charge in [-0.1, -0.05) is 0 Å². The van der Waals surface area contributed by atoms with Crippen LogP contribution < -0.4 is 17.2 Å². The minimum atomic E-state index is -0.711. The Hall–Kier alpha value is -2.51. The second-order valence-electron chi connectivity index (χ2n) is 4.89. The molecule has 1 saturated carbocycles. The van der Waals surface area contributed by atoms with E-state index < -0.39 is 17.7 Å². The quantitative estimate of drug-likeness (QED) is 0.603. The second-order valence-corrected chi connectivity index (χ2v) is 4.89. The zero-order chi connectivity index (χ0) is 14.9. The Morgan fingerprint density at radius 2 is 1.75 bits per heavy atom. The fourth-order valence-corrected chi connectivity index (χ4v) is 2.06. The van der Waals surface area contributed by atoms with E-state index >= 15 is 0 Å². The molecule has 1 fully saturated rings. The highest BCUT2D eigenvalue weighted by Gasteiger charge is 2.30. The van der Waals surface area contributed by atoms with Crippen LogP contribution in [0, 0.1) is 0 Å². The zero-order valence-electron chi connectivity index (χ0n) is 10.9. The lowest BCUT2D eigenvalue weighted by atomic mass is 10.3. The standard InChI is InChI=1S/C12H17N5O3/c13-7-3-9(17(4-7)8-1-2-8)12(20)16(5-10(14)18)6-11(15)19/h3-4,8H,1-2,5-6,13H2,(H2,14,18)(H2,15,19). The molecule has 0 aromatic carbocycles. The number of nitrogens with two attached hydrogens (primary N) is 3. The molecule has 3 amide bonds. The molecule has 0 spiro atoms. The van der Waals surface area contributed by atoms with Crippen LogP contribution in [0.2, 0.25) is 0 Å². The average molecular weight is 279 g/mol. The minimum absolute atomic E-state index is 0.246. The molecule has 1 heterocycles. The first kappa shape index (κ1) is 13.9. The van der Waals surface area contributed by atoms with Crippen LogP contribution in [0.15, 0.2) is 12.3 Å². The summed E-state index contributed by atoms with van der Waals surface area (Å²) in [4.78, 5) is 35.5. The Balaban J connectivity index is 2.26. The number of carbonyl (C=O) groups excluding carboxylic acids is 3. The summed E-state index contributed by atoms with van der Waals surface area (Å²) in [5.41, 5.74) is 16.7. The first-order valence-electron chi connectivity index (χ1n) is 6.21. The summed E-state index contributed by atoms with van der Waals surface area (Å²) in [5, 5.41) is 0. The van der Waals surface area contributed by atoms with Gasteiger partial charge in [-0.05, 0) is 18.9 Å². The molecule has 0 radical (unpaired) electrons. The third-order valence-electron chi connectivity index (χ3n) is 3.01. The molecule has 0 saturated heterocycles. The van der Waals surface area contributed by atoms with Gasteiger partial charge < -0.3 is 26.7 Å². The fourth-order valence-electron chi connectivity index (χ4n) is 2.06. The molecule has 0 atom stereocenters. The smallest absolute Gasteiger partial charge is 0.271 e. The number of carbonyl (C=O) groups is 3. The summed E-state index contributed by atoms with van der Waals surface area (Å²) in [6.07, 6.45) is 3.62. The molecule has 0 bridgehead atoms. The molecule has 1 aliphatic carbocycles. The summed E-state index contributed by atoms with van der Waals surface area (Å²) >= 11 is 0. The van der Waals surface area contributed by atoms with Gasteiger partial charge in [0.2, 0.25) is 11.8 Å². The molecule has 1 aliphatic rings. The number of hydrogen-bond acceptors (Lipinski definition) is 4. The largest absolute Gasteiger partial charge is 0.397 e. The highest BCUT2D eigenvalue weighted by atomic mass is 16.2. The van der Waals surface area contributed by atoms with Crippen LogP contribution in [0.4, 0.5) is 5.69 Å². The highest BCUT2D eigenvalue weighted by molar-refractivity contribution is 5.98. The predicted molar refractivity (Wildman–Crippen MR) is 71.4 cm³/mol. The average Bonchev–Trinajstić information content (AvgIpc) is 3.09. The van der Waals surface area contributed by atoms with Gasteiger partial charge in [0.1, 0.15) is 18.8 Å². The van der Waals surface area contributed by atoms with Crippen molar-refractivity contribution < 1.29 is 14.4 Å². The van der Waals surface area contributed by atoms with Crippen LogP contribution >= 0.6 is 0 Å². The van der Waals surface area contributed by atoms with Gasteiger partial charge in [0, 0.05) is 12.2 Å².